The van der Waals surface area contributed by atoms with Gasteiger partial charge in [-0.3, -0.25) is 14.4 Å². The highest BCUT2D eigenvalue weighted by molar-refractivity contribution is 6.08. The van der Waals surface area contributed by atoms with Crippen LogP contribution in [0.1, 0.15) is 46.8 Å². The summed E-state index contributed by atoms with van der Waals surface area (Å²) < 4.78 is 5.31. The Morgan fingerprint density at radius 2 is 1.86 bits per heavy atom. The third kappa shape index (κ3) is 8.03. The maximum absolute atomic E-state index is 13.8. The fourth-order valence-corrected chi connectivity index (χ4v) is 5.50. The predicted molar refractivity (Wildman–Crippen MR) is 170 cm³/mol. The summed E-state index contributed by atoms with van der Waals surface area (Å²) in [5, 5.41) is 25.5. The minimum absolute atomic E-state index is 0.0657. The summed E-state index contributed by atoms with van der Waals surface area (Å²) in [4.78, 5) is 39.9. The summed E-state index contributed by atoms with van der Waals surface area (Å²) in [6, 6.07) is 20.7. The van der Waals surface area contributed by atoms with E-state index in [0.717, 1.165) is 51.9 Å². The average molecular weight is 601 g/mol. The number of hydrogen-bond donors (Lipinski definition) is 5. The van der Waals surface area contributed by atoms with Gasteiger partial charge in [-0.05, 0) is 60.2 Å². The van der Waals surface area contributed by atoms with Crippen molar-refractivity contribution in [3.8, 4) is 5.75 Å². The maximum Gasteiger partial charge on any atom is 0.290 e. The molecular weight excluding hydrogens is 560 g/mol. The van der Waals surface area contributed by atoms with Crippen molar-refractivity contribution in [2.45, 2.75) is 51.3 Å². The third-order valence-corrected chi connectivity index (χ3v) is 7.76. The van der Waals surface area contributed by atoms with Gasteiger partial charge in [0.2, 0.25) is 5.91 Å². The Labute approximate surface area is 257 Å². The van der Waals surface area contributed by atoms with Crippen LogP contribution in [0.4, 0.5) is 5.69 Å². The number of aryl methyl sites for hydroxylation is 1. The van der Waals surface area contributed by atoms with Crippen LogP contribution in [0.5, 0.6) is 5.75 Å². The summed E-state index contributed by atoms with van der Waals surface area (Å²) in [5.41, 5.74) is 5.21. The predicted octanol–water partition coefficient (Wildman–Crippen LogP) is 4.06. The van der Waals surface area contributed by atoms with Gasteiger partial charge in [0, 0.05) is 43.2 Å². The number of anilines is 1. The molecule has 44 heavy (non-hydrogen) atoms. The summed E-state index contributed by atoms with van der Waals surface area (Å²) in [6.07, 6.45) is 3.68. The Balaban J connectivity index is 0.00000141. The molecule has 1 aliphatic heterocycles. The Hall–Kier alpha value is -4.67. The molecule has 1 fully saturated rings. The number of ether oxygens (including phenoxy) is 1. The second kappa shape index (κ2) is 15.7. The summed E-state index contributed by atoms with van der Waals surface area (Å²) in [5.74, 6) is 0.562. The van der Waals surface area contributed by atoms with Crippen molar-refractivity contribution in [1.29, 1.82) is 0 Å². The lowest BCUT2D eigenvalue weighted by molar-refractivity contribution is -0.123. The highest BCUT2D eigenvalue weighted by atomic mass is 16.5. The highest BCUT2D eigenvalue weighted by Crippen LogP contribution is 2.33. The van der Waals surface area contributed by atoms with Crippen LogP contribution >= 0.6 is 0 Å². The number of fused-ring (bicyclic) bond motifs is 1. The normalized spacial score (nSPS) is 14.1. The van der Waals surface area contributed by atoms with Gasteiger partial charge in [0.15, 0.2) is 0 Å². The molecule has 1 saturated heterocycles. The van der Waals surface area contributed by atoms with E-state index in [9.17, 15) is 14.7 Å². The molecule has 0 spiro atoms. The Morgan fingerprint density at radius 1 is 1.11 bits per heavy atom. The Morgan fingerprint density at radius 3 is 2.55 bits per heavy atom. The fourth-order valence-electron chi connectivity index (χ4n) is 5.50. The minimum atomic E-state index is -0.841. The number of methoxy groups -OCH3 is 1. The monoisotopic (exact) mass is 600 g/mol. The first-order valence-electron chi connectivity index (χ1n) is 14.8. The number of carboxylic acid groups (broad SMARTS) is 1. The van der Waals surface area contributed by atoms with E-state index in [-0.39, 0.29) is 18.3 Å². The zero-order valence-electron chi connectivity index (χ0n) is 25.1. The second-order valence-electron chi connectivity index (χ2n) is 10.7. The number of aromatic nitrogens is 1. The largest absolute Gasteiger partial charge is 0.497 e. The molecule has 3 aromatic carbocycles. The minimum Gasteiger partial charge on any atom is -0.497 e. The third-order valence-electron chi connectivity index (χ3n) is 7.76. The van der Waals surface area contributed by atoms with Crippen LogP contribution in [-0.2, 0) is 29.0 Å². The number of rotatable bonds is 12. The Kier molecular flexibility index (Phi) is 11.5. The number of aliphatic hydroxyl groups is 1. The van der Waals surface area contributed by atoms with Gasteiger partial charge >= 0.3 is 0 Å². The lowest BCUT2D eigenvalue weighted by atomic mass is 9.99. The number of carbonyl (C=O) groups excluding carboxylic acids is 2. The average Bonchev–Trinajstić information content (AvgIpc) is 3.67. The molecule has 0 bridgehead atoms. The standard InChI is InChI=1S/C33H38N4O4.CH2O2/c1-3-24-20-35-32-27(24)17-25(18-29(32)37-14-8-13-31(37)39)33(40)36-28(16-22-9-5-4-6-10-22)30(38)21-34-19-23-11-7-12-26(15-23)41-2;2-1-3/h4-7,9-12,15,17-18,20,28,30,34-35,38H,3,8,13-14,16,19,21H2,1-2H3,(H,36,40);1H,(H,2,3)/t28-,30+;/m0./s1. The molecule has 10 nitrogen and oxygen atoms in total. The van der Waals surface area contributed by atoms with Crippen LogP contribution in [0.25, 0.3) is 10.9 Å². The van der Waals surface area contributed by atoms with Crippen molar-refractivity contribution < 1.29 is 29.3 Å². The molecule has 10 heteroatoms. The van der Waals surface area contributed by atoms with E-state index in [1.165, 1.54) is 0 Å². The molecule has 0 aliphatic carbocycles. The summed E-state index contributed by atoms with van der Waals surface area (Å²) in [6.45, 7) is 3.30. The Bertz CT molecular complexity index is 1550. The van der Waals surface area contributed by atoms with Crippen LogP contribution in [0, 0.1) is 0 Å². The lowest BCUT2D eigenvalue weighted by Crippen LogP contribution is -2.48. The van der Waals surface area contributed by atoms with E-state index in [0.29, 0.717) is 38.0 Å². The van der Waals surface area contributed by atoms with Crippen molar-refractivity contribution >= 4 is 34.9 Å². The number of nitrogens with one attached hydrogen (secondary N) is 3. The van der Waals surface area contributed by atoms with Crippen molar-refractivity contribution in [3.63, 3.8) is 0 Å². The number of H-pyrrole nitrogens is 1. The van der Waals surface area contributed by atoms with Gasteiger partial charge in [-0.1, -0.05) is 49.4 Å². The van der Waals surface area contributed by atoms with E-state index < -0.39 is 12.1 Å². The quantitative estimate of drug-likeness (QED) is 0.154. The number of aromatic amines is 1. The zero-order valence-corrected chi connectivity index (χ0v) is 25.1. The van der Waals surface area contributed by atoms with Crippen LogP contribution in [-0.4, -0.2) is 65.8 Å². The van der Waals surface area contributed by atoms with Gasteiger partial charge in [0.05, 0.1) is 30.5 Å². The van der Waals surface area contributed by atoms with E-state index in [1.807, 2.05) is 66.9 Å². The molecule has 0 radical (unpaired) electrons. The molecule has 1 aliphatic rings. The molecule has 232 valence electrons. The molecule has 2 heterocycles. The van der Waals surface area contributed by atoms with Crippen molar-refractivity contribution in [2.75, 3.05) is 25.1 Å². The number of nitrogens with zero attached hydrogens (tertiary/aromatic N) is 1. The molecule has 0 unspecified atom stereocenters. The molecule has 0 saturated carbocycles. The first-order valence-corrected chi connectivity index (χ1v) is 14.8. The van der Waals surface area contributed by atoms with Crippen LogP contribution < -0.4 is 20.3 Å². The van der Waals surface area contributed by atoms with Gasteiger partial charge in [-0.25, -0.2) is 0 Å². The van der Waals surface area contributed by atoms with Gasteiger partial charge in [-0.15, -0.1) is 0 Å². The maximum atomic E-state index is 13.8. The van der Waals surface area contributed by atoms with Gasteiger partial charge < -0.3 is 35.5 Å². The molecule has 2 atom stereocenters. The van der Waals surface area contributed by atoms with E-state index >= 15 is 0 Å². The molecule has 2 amide bonds. The van der Waals surface area contributed by atoms with Crippen LogP contribution in [0.3, 0.4) is 0 Å². The lowest BCUT2D eigenvalue weighted by Gasteiger charge is -2.25. The SMILES string of the molecule is CCc1c[nH]c2c(N3CCCC3=O)cc(C(=O)N[C@@H](Cc3ccccc3)[C@H](O)CNCc3cccc(OC)c3)cc12.O=CO. The first kappa shape index (κ1) is 32.2. The zero-order chi connectivity index (χ0) is 31.5. The number of aliphatic hydroxyl groups excluding tert-OH is 1. The molecule has 5 rings (SSSR count). The number of benzene rings is 3. The van der Waals surface area contributed by atoms with Crippen molar-refractivity contribution in [2.24, 2.45) is 0 Å². The molecule has 5 N–H and O–H groups in total. The van der Waals surface area contributed by atoms with Gasteiger partial charge in [-0.2, -0.15) is 0 Å². The molecule has 1 aromatic heterocycles. The summed E-state index contributed by atoms with van der Waals surface area (Å²) in [7, 11) is 1.63. The van der Waals surface area contributed by atoms with Crippen LogP contribution in [0.2, 0.25) is 0 Å². The number of carbonyl (C=O) groups is 3. The fraction of sp³-hybridized carbons (Fsp3) is 0.324. The topological polar surface area (TPSA) is 144 Å². The van der Waals surface area contributed by atoms with Gasteiger partial charge in [0.25, 0.3) is 12.4 Å². The second-order valence-corrected chi connectivity index (χ2v) is 10.7. The van der Waals surface area contributed by atoms with E-state index in [4.69, 9.17) is 14.6 Å². The van der Waals surface area contributed by atoms with E-state index in [1.54, 1.807) is 18.1 Å². The summed E-state index contributed by atoms with van der Waals surface area (Å²) >= 11 is 0. The van der Waals surface area contributed by atoms with Gasteiger partial charge in [0.1, 0.15) is 5.75 Å². The smallest absolute Gasteiger partial charge is 0.290 e. The van der Waals surface area contributed by atoms with Crippen LogP contribution in [0.15, 0.2) is 72.9 Å². The molecular formula is C34H40N4O6. The highest BCUT2D eigenvalue weighted by Gasteiger charge is 2.27. The first-order chi connectivity index (χ1) is 21.4. The molecule has 4 aromatic rings. The number of amides is 2. The van der Waals surface area contributed by atoms with Crippen molar-refractivity contribution in [1.82, 2.24) is 15.6 Å². The van der Waals surface area contributed by atoms with Crippen molar-refractivity contribution in [3.05, 3.63) is 95.2 Å². The number of hydrogen-bond acceptors (Lipinski definition) is 6. The van der Waals surface area contributed by atoms with E-state index in [2.05, 4.69) is 22.5 Å².